The Balaban J connectivity index is 1.75. The number of fused-ring (bicyclic) bond motifs is 1. The number of anilines is 2. The van der Waals surface area contributed by atoms with E-state index in [1.807, 2.05) is 42.5 Å². The van der Waals surface area contributed by atoms with Crippen molar-refractivity contribution in [1.82, 2.24) is 0 Å². The number of rotatable bonds is 2. The van der Waals surface area contributed by atoms with E-state index in [9.17, 15) is 8.78 Å². The molecule has 0 spiro atoms. The van der Waals surface area contributed by atoms with E-state index in [0.29, 0.717) is 0 Å². The van der Waals surface area contributed by atoms with Crippen LogP contribution in [0.5, 0.6) is 0 Å². The van der Waals surface area contributed by atoms with Crippen molar-refractivity contribution in [3.8, 4) is 0 Å². The molecule has 0 saturated carbocycles. The molecule has 0 amide bonds. The molecule has 110 valence electrons. The van der Waals surface area contributed by atoms with Gasteiger partial charge < -0.3 is 10.6 Å². The fourth-order valence-corrected chi connectivity index (χ4v) is 2.37. The molecule has 3 aromatic rings. The summed E-state index contributed by atoms with van der Waals surface area (Å²) in [4.78, 5) is 0. The third-order valence-electron chi connectivity index (χ3n) is 3.19. The number of hydrogen-bond donors (Lipinski definition) is 2. The lowest BCUT2D eigenvalue weighted by molar-refractivity contribution is 0.586. The van der Waals surface area contributed by atoms with E-state index < -0.39 is 11.6 Å². The molecule has 0 saturated heterocycles. The zero-order chi connectivity index (χ0) is 15.5. The molecule has 0 atom stereocenters. The summed E-state index contributed by atoms with van der Waals surface area (Å²) < 4.78 is 26.4. The van der Waals surface area contributed by atoms with E-state index in [0.717, 1.165) is 22.5 Å². The highest BCUT2D eigenvalue weighted by molar-refractivity contribution is 7.80. The van der Waals surface area contributed by atoms with Crippen LogP contribution >= 0.6 is 12.2 Å². The van der Waals surface area contributed by atoms with Crippen molar-refractivity contribution in [2.45, 2.75) is 0 Å². The van der Waals surface area contributed by atoms with Gasteiger partial charge in [0.25, 0.3) is 0 Å². The third-order valence-corrected chi connectivity index (χ3v) is 3.39. The first-order valence-electron chi connectivity index (χ1n) is 6.64. The van der Waals surface area contributed by atoms with E-state index in [-0.39, 0.29) is 10.8 Å². The average molecular weight is 314 g/mol. The van der Waals surface area contributed by atoms with Crippen LogP contribution in [0.15, 0.2) is 60.7 Å². The summed E-state index contributed by atoms with van der Waals surface area (Å²) in [5.74, 6) is -1.32. The van der Waals surface area contributed by atoms with Gasteiger partial charge in [-0.05, 0) is 47.3 Å². The molecule has 0 aliphatic heterocycles. The minimum absolute atomic E-state index is 0.125. The second-order valence-electron chi connectivity index (χ2n) is 4.77. The first kappa shape index (κ1) is 14.4. The maximum absolute atomic E-state index is 13.6. The van der Waals surface area contributed by atoms with Gasteiger partial charge in [-0.2, -0.15) is 0 Å². The molecule has 22 heavy (non-hydrogen) atoms. The quantitative estimate of drug-likeness (QED) is 0.656. The molecule has 5 heteroatoms. The van der Waals surface area contributed by atoms with E-state index in [1.165, 1.54) is 12.1 Å². The van der Waals surface area contributed by atoms with Crippen LogP contribution in [0.3, 0.4) is 0 Å². The van der Waals surface area contributed by atoms with Crippen molar-refractivity contribution in [1.29, 1.82) is 0 Å². The van der Waals surface area contributed by atoms with Crippen LogP contribution in [0.1, 0.15) is 0 Å². The molecular formula is C17H12F2N2S. The van der Waals surface area contributed by atoms with Gasteiger partial charge in [0.2, 0.25) is 0 Å². The van der Waals surface area contributed by atoms with Gasteiger partial charge in [0.1, 0.15) is 11.6 Å². The molecule has 2 nitrogen and oxygen atoms in total. The molecule has 2 N–H and O–H groups in total. The van der Waals surface area contributed by atoms with Crippen molar-refractivity contribution >= 4 is 39.5 Å². The summed E-state index contributed by atoms with van der Waals surface area (Å²) >= 11 is 5.15. The Kier molecular flexibility index (Phi) is 3.98. The molecule has 0 aliphatic rings. The van der Waals surface area contributed by atoms with Crippen LogP contribution in [0.25, 0.3) is 10.8 Å². The lowest BCUT2D eigenvalue weighted by Gasteiger charge is -2.12. The standard InChI is InChI=1S/C17H12F2N2S/c18-13-6-8-16(15(19)10-13)21-17(22)20-14-7-5-11-3-1-2-4-12(11)9-14/h1-10H,(H2,20,21,22). The predicted molar refractivity (Wildman–Crippen MR) is 90.1 cm³/mol. The van der Waals surface area contributed by atoms with Crippen molar-refractivity contribution in [3.63, 3.8) is 0 Å². The maximum Gasteiger partial charge on any atom is 0.175 e. The van der Waals surface area contributed by atoms with Crippen LogP contribution in [-0.2, 0) is 0 Å². The molecule has 0 aliphatic carbocycles. The molecule has 0 unspecified atom stereocenters. The first-order valence-corrected chi connectivity index (χ1v) is 7.04. The third kappa shape index (κ3) is 3.20. The van der Waals surface area contributed by atoms with Gasteiger partial charge in [0.05, 0.1) is 5.69 Å². The minimum Gasteiger partial charge on any atom is -0.332 e. The van der Waals surface area contributed by atoms with E-state index in [2.05, 4.69) is 10.6 Å². The van der Waals surface area contributed by atoms with Gasteiger partial charge in [-0.15, -0.1) is 0 Å². The average Bonchev–Trinajstić information content (AvgIpc) is 2.50. The Morgan fingerprint density at radius 3 is 2.36 bits per heavy atom. The summed E-state index contributed by atoms with van der Waals surface area (Å²) in [6, 6.07) is 17.0. The SMILES string of the molecule is Fc1ccc(NC(=S)Nc2ccc3ccccc3c2)c(F)c1. The highest BCUT2D eigenvalue weighted by Gasteiger charge is 2.06. The summed E-state index contributed by atoms with van der Waals surface area (Å²) in [6.07, 6.45) is 0. The maximum atomic E-state index is 13.6. The Labute approximate surface area is 131 Å². The molecule has 0 fully saturated rings. The topological polar surface area (TPSA) is 24.1 Å². The van der Waals surface area contributed by atoms with Crippen LogP contribution in [-0.4, -0.2) is 5.11 Å². The Morgan fingerprint density at radius 1 is 0.818 bits per heavy atom. The van der Waals surface area contributed by atoms with Gasteiger partial charge in [-0.1, -0.05) is 30.3 Å². The highest BCUT2D eigenvalue weighted by atomic mass is 32.1. The fourth-order valence-electron chi connectivity index (χ4n) is 2.14. The van der Waals surface area contributed by atoms with Crippen LogP contribution in [0, 0.1) is 11.6 Å². The summed E-state index contributed by atoms with van der Waals surface area (Å²) in [7, 11) is 0. The lowest BCUT2D eigenvalue weighted by Crippen LogP contribution is -2.19. The lowest BCUT2D eigenvalue weighted by atomic mass is 10.1. The van der Waals surface area contributed by atoms with Gasteiger partial charge in [0, 0.05) is 11.8 Å². The predicted octanol–water partition coefficient (Wildman–Crippen LogP) is 4.93. The molecule has 3 rings (SSSR count). The number of benzene rings is 3. The molecule has 0 bridgehead atoms. The largest absolute Gasteiger partial charge is 0.332 e. The van der Waals surface area contributed by atoms with Crippen LogP contribution in [0.4, 0.5) is 20.2 Å². The summed E-state index contributed by atoms with van der Waals surface area (Å²) in [5, 5.41) is 8.13. The first-order chi connectivity index (χ1) is 10.6. The highest BCUT2D eigenvalue weighted by Crippen LogP contribution is 2.20. The Morgan fingerprint density at radius 2 is 1.59 bits per heavy atom. The van der Waals surface area contributed by atoms with Gasteiger partial charge in [-0.3, -0.25) is 0 Å². The molecule has 0 heterocycles. The number of nitrogens with one attached hydrogen (secondary N) is 2. The Hall–Kier alpha value is -2.53. The molecule has 0 radical (unpaired) electrons. The van der Waals surface area contributed by atoms with Crippen molar-refractivity contribution in [3.05, 3.63) is 72.3 Å². The normalized spacial score (nSPS) is 10.5. The second kappa shape index (κ2) is 6.07. The number of thiocarbonyl (C=S) groups is 1. The van der Waals surface area contributed by atoms with Crippen molar-refractivity contribution in [2.75, 3.05) is 10.6 Å². The zero-order valence-corrected chi connectivity index (χ0v) is 12.3. The van der Waals surface area contributed by atoms with Crippen molar-refractivity contribution < 1.29 is 8.78 Å². The second-order valence-corrected chi connectivity index (χ2v) is 5.17. The fraction of sp³-hybridized carbons (Fsp3) is 0. The van der Waals surface area contributed by atoms with Crippen molar-refractivity contribution in [2.24, 2.45) is 0 Å². The molecular weight excluding hydrogens is 302 g/mol. The smallest absolute Gasteiger partial charge is 0.175 e. The molecule has 3 aromatic carbocycles. The number of halogens is 2. The Bertz CT molecular complexity index is 849. The van der Waals surface area contributed by atoms with Crippen LogP contribution in [0.2, 0.25) is 0 Å². The van der Waals surface area contributed by atoms with Gasteiger partial charge in [-0.25, -0.2) is 8.78 Å². The van der Waals surface area contributed by atoms with Gasteiger partial charge >= 0.3 is 0 Å². The number of hydrogen-bond acceptors (Lipinski definition) is 1. The van der Waals surface area contributed by atoms with Crippen LogP contribution < -0.4 is 10.6 Å². The monoisotopic (exact) mass is 314 g/mol. The van der Waals surface area contributed by atoms with E-state index in [1.54, 1.807) is 0 Å². The van der Waals surface area contributed by atoms with E-state index >= 15 is 0 Å². The van der Waals surface area contributed by atoms with E-state index in [4.69, 9.17) is 12.2 Å². The zero-order valence-electron chi connectivity index (χ0n) is 11.4. The summed E-state index contributed by atoms with van der Waals surface area (Å²) in [6.45, 7) is 0. The molecule has 0 aromatic heterocycles. The van der Waals surface area contributed by atoms with Gasteiger partial charge in [0.15, 0.2) is 5.11 Å². The minimum atomic E-state index is -0.692. The summed E-state index contributed by atoms with van der Waals surface area (Å²) in [5.41, 5.74) is 0.915.